The molecular formula is C13H22N4O3. The molecule has 0 spiro atoms. The van der Waals surface area contributed by atoms with Crippen LogP contribution in [0, 0.1) is 13.8 Å². The molecule has 7 nitrogen and oxygen atoms in total. The Kier molecular flexibility index (Phi) is 5.69. The van der Waals surface area contributed by atoms with E-state index >= 15 is 0 Å². The molecule has 0 radical (unpaired) electrons. The predicted molar refractivity (Wildman–Crippen MR) is 75.6 cm³/mol. The van der Waals surface area contributed by atoms with Gasteiger partial charge in [-0.2, -0.15) is 5.10 Å². The molecule has 0 aliphatic rings. The highest BCUT2D eigenvalue weighted by Gasteiger charge is 2.18. The number of nitrogens with one attached hydrogen (secondary N) is 2. The van der Waals surface area contributed by atoms with Crippen LogP contribution in [0.15, 0.2) is 0 Å². The quantitative estimate of drug-likeness (QED) is 0.688. The largest absolute Gasteiger partial charge is 0.480 e. The Balaban J connectivity index is 2.57. The van der Waals surface area contributed by atoms with Gasteiger partial charge in [-0.05, 0) is 20.3 Å². The van der Waals surface area contributed by atoms with E-state index in [1.54, 1.807) is 11.7 Å². The smallest absolute Gasteiger partial charge is 0.320 e. The van der Waals surface area contributed by atoms with Gasteiger partial charge in [-0.3, -0.25) is 19.6 Å². The second-order valence-electron chi connectivity index (χ2n) is 4.78. The zero-order chi connectivity index (χ0) is 15.3. The van der Waals surface area contributed by atoms with Crippen LogP contribution in [-0.4, -0.2) is 39.4 Å². The van der Waals surface area contributed by atoms with Crippen LogP contribution in [0.3, 0.4) is 0 Å². The van der Waals surface area contributed by atoms with E-state index in [1.807, 2.05) is 20.8 Å². The Morgan fingerprint density at radius 2 is 2.05 bits per heavy atom. The van der Waals surface area contributed by atoms with E-state index in [9.17, 15) is 9.59 Å². The van der Waals surface area contributed by atoms with E-state index in [1.165, 1.54) is 0 Å². The molecule has 1 heterocycles. The minimum absolute atomic E-state index is 0.0370. The number of carboxylic acid groups (broad SMARTS) is 1. The van der Waals surface area contributed by atoms with Crippen molar-refractivity contribution in [1.82, 2.24) is 15.1 Å². The van der Waals surface area contributed by atoms with E-state index < -0.39 is 12.0 Å². The minimum Gasteiger partial charge on any atom is -0.480 e. The number of aliphatic carboxylic acids is 1. The van der Waals surface area contributed by atoms with Gasteiger partial charge >= 0.3 is 5.97 Å². The number of anilines is 1. The van der Waals surface area contributed by atoms with Gasteiger partial charge in [0.25, 0.3) is 0 Å². The summed E-state index contributed by atoms with van der Waals surface area (Å²) in [6, 6.07) is -0.693. The van der Waals surface area contributed by atoms with Crippen LogP contribution in [-0.2, 0) is 16.6 Å². The lowest BCUT2D eigenvalue weighted by molar-refractivity contribution is -0.139. The Morgan fingerprint density at radius 3 is 2.50 bits per heavy atom. The van der Waals surface area contributed by atoms with E-state index in [2.05, 4.69) is 15.7 Å². The molecule has 112 valence electrons. The zero-order valence-corrected chi connectivity index (χ0v) is 12.4. The van der Waals surface area contributed by atoms with Crippen LogP contribution < -0.4 is 10.6 Å². The van der Waals surface area contributed by atoms with Crippen molar-refractivity contribution in [3.05, 3.63) is 11.4 Å². The van der Waals surface area contributed by atoms with Gasteiger partial charge in [0.1, 0.15) is 6.04 Å². The fourth-order valence-corrected chi connectivity index (χ4v) is 1.96. The van der Waals surface area contributed by atoms with Gasteiger partial charge in [0, 0.05) is 7.05 Å². The van der Waals surface area contributed by atoms with Gasteiger partial charge in [0.2, 0.25) is 5.91 Å². The monoisotopic (exact) mass is 282 g/mol. The zero-order valence-electron chi connectivity index (χ0n) is 12.4. The molecule has 7 heteroatoms. The van der Waals surface area contributed by atoms with Crippen molar-refractivity contribution < 1.29 is 14.7 Å². The maximum absolute atomic E-state index is 11.9. The first-order chi connectivity index (χ1) is 9.36. The molecule has 0 aliphatic carbocycles. The van der Waals surface area contributed by atoms with E-state index in [-0.39, 0.29) is 12.5 Å². The minimum atomic E-state index is -0.937. The van der Waals surface area contributed by atoms with Crippen molar-refractivity contribution in [2.75, 3.05) is 11.9 Å². The lowest BCUT2D eigenvalue weighted by Crippen LogP contribution is -2.41. The molecule has 0 saturated heterocycles. The Bertz CT molecular complexity index is 496. The summed E-state index contributed by atoms with van der Waals surface area (Å²) in [6.07, 6.45) is 1.24. The highest BCUT2D eigenvalue weighted by molar-refractivity contribution is 5.93. The van der Waals surface area contributed by atoms with Gasteiger partial charge in [0.05, 0.1) is 23.6 Å². The molecule has 1 atom stereocenters. The lowest BCUT2D eigenvalue weighted by Gasteiger charge is -2.13. The summed E-state index contributed by atoms with van der Waals surface area (Å²) in [5.41, 5.74) is 2.28. The molecule has 0 aliphatic heterocycles. The second-order valence-corrected chi connectivity index (χ2v) is 4.78. The molecule has 1 aromatic heterocycles. The van der Waals surface area contributed by atoms with Crippen LogP contribution in [0.1, 0.15) is 31.2 Å². The first-order valence-electron chi connectivity index (χ1n) is 6.63. The standard InChI is InChI=1S/C13H22N4O3/c1-5-6-10(13(19)20)14-7-11(18)15-12-8(2)16-17(4)9(12)3/h10,14H,5-7H2,1-4H3,(H,15,18)(H,19,20). The molecule has 0 aromatic carbocycles. The van der Waals surface area contributed by atoms with Crippen molar-refractivity contribution >= 4 is 17.6 Å². The third-order valence-corrected chi connectivity index (χ3v) is 3.16. The highest BCUT2D eigenvalue weighted by Crippen LogP contribution is 2.17. The number of rotatable bonds is 7. The van der Waals surface area contributed by atoms with E-state index in [0.717, 1.165) is 17.8 Å². The van der Waals surface area contributed by atoms with Crippen LogP contribution >= 0.6 is 0 Å². The number of carboxylic acids is 1. The number of aryl methyl sites for hydroxylation is 2. The highest BCUT2D eigenvalue weighted by atomic mass is 16.4. The summed E-state index contributed by atoms with van der Waals surface area (Å²) < 4.78 is 1.69. The Hall–Kier alpha value is -1.89. The van der Waals surface area contributed by atoms with E-state index in [0.29, 0.717) is 12.1 Å². The third kappa shape index (κ3) is 4.06. The molecule has 1 aromatic rings. The number of carbonyl (C=O) groups excluding carboxylic acids is 1. The fraction of sp³-hybridized carbons (Fsp3) is 0.615. The lowest BCUT2D eigenvalue weighted by atomic mass is 10.1. The molecule has 1 unspecified atom stereocenters. The maximum atomic E-state index is 11.9. The number of hydrogen-bond donors (Lipinski definition) is 3. The predicted octanol–water partition coefficient (Wildman–Crippen LogP) is 0.818. The molecule has 20 heavy (non-hydrogen) atoms. The van der Waals surface area contributed by atoms with Crippen LogP contribution in [0.2, 0.25) is 0 Å². The first-order valence-corrected chi connectivity index (χ1v) is 6.63. The maximum Gasteiger partial charge on any atom is 0.320 e. The fourth-order valence-electron chi connectivity index (χ4n) is 1.96. The summed E-state index contributed by atoms with van der Waals surface area (Å²) in [5.74, 6) is -1.21. The van der Waals surface area contributed by atoms with Crippen molar-refractivity contribution in [3.8, 4) is 0 Å². The first kappa shape index (κ1) is 16.2. The molecule has 0 bridgehead atoms. The average Bonchev–Trinajstić information content (AvgIpc) is 2.61. The van der Waals surface area contributed by atoms with Crippen molar-refractivity contribution in [2.24, 2.45) is 7.05 Å². The van der Waals surface area contributed by atoms with Gasteiger partial charge in [0.15, 0.2) is 0 Å². The summed E-state index contributed by atoms with van der Waals surface area (Å²) in [5, 5.41) is 18.7. The van der Waals surface area contributed by atoms with Gasteiger partial charge in [-0.25, -0.2) is 0 Å². The molecule has 1 amide bonds. The molecular weight excluding hydrogens is 260 g/mol. The number of hydrogen-bond acceptors (Lipinski definition) is 4. The van der Waals surface area contributed by atoms with Gasteiger partial charge < -0.3 is 10.4 Å². The Morgan fingerprint density at radius 1 is 1.40 bits per heavy atom. The molecule has 0 fully saturated rings. The normalized spacial score (nSPS) is 12.2. The molecule has 3 N–H and O–H groups in total. The number of carbonyl (C=O) groups is 2. The van der Waals surface area contributed by atoms with Crippen LogP contribution in [0.4, 0.5) is 5.69 Å². The number of aromatic nitrogens is 2. The van der Waals surface area contributed by atoms with Crippen molar-refractivity contribution in [3.63, 3.8) is 0 Å². The third-order valence-electron chi connectivity index (χ3n) is 3.16. The van der Waals surface area contributed by atoms with Gasteiger partial charge in [-0.1, -0.05) is 13.3 Å². The topological polar surface area (TPSA) is 96.3 Å². The summed E-state index contributed by atoms with van der Waals surface area (Å²) in [7, 11) is 1.80. The molecule has 0 saturated carbocycles. The van der Waals surface area contributed by atoms with E-state index in [4.69, 9.17) is 5.11 Å². The molecule has 1 rings (SSSR count). The Labute approximate surface area is 118 Å². The number of nitrogens with zero attached hydrogens (tertiary/aromatic N) is 2. The van der Waals surface area contributed by atoms with Crippen molar-refractivity contribution in [2.45, 2.75) is 39.7 Å². The van der Waals surface area contributed by atoms with Crippen LogP contribution in [0.5, 0.6) is 0 Å². The van der Waals surface area contributed by atoms with Gasteiger partial charge in [-0.15, -0.1) is 0 Å². The van der Waals surface area contributed by atoms with Crippen molar-refractivity contribution in [1.29, 1.82) is 0 Å². The summed E-state index contributed by atoms with van der Waals surface area (Å²) >= 11 is 0. The van der Waals surface area contributed by atoms with Crippen LogP contribution in [0.25, 0.3) is 0 Å². The summed E-state index contributed by atoms with van der Waals surface area (Å²) in [6.45, 7) is 5.54. The number of amides is 1. The summed E-state index contributed by atoms with van der Waals surface area (Å²) in [4.78, 5) is 22.8. The average molecular weight is 282 g/mol. The second kappa shape index (κ2) is 7.04. The SMILES string of the molecule is CCCC(NCC(=O)Nc1c(C)nn(C)c1C)C(=O)O.